The van der Waals surface area contributed by atoms with Crippen molar-refractivity contribution in [3.63, 3.8) is 0 Å². The van der Waals surface area contributed by atoms with E-state index < -0.39 is 0 Å². The lowest BCUT2D eigenvalue weighted by Gasteiger charge is -2.34. The summed E-state index contributed by atoms with van der Waals surface area (Å²) in [6.07, 6.45) is 1.48. The standard InChI is InChI=1S/C15H18FNO3/c16-12-1-2-14-10(8-12)7-11(9-20-14)15(19)17-5-3-13(18)4-6-17/h1-2,8,11,13,18H,3-7,9H2. The summed E-state index contributed by atoms with van der Waals surface area (Å²) in [6, 6.07) is 4.42. The Morgan fingerprint density at radius 2 is 2.10 bits per heavy atom. The lowest BCUT2D eigenvalue weighted by Crippen LogP contribution is -2.45. The number of nitrogens with zero attached hydrogens (tertiary/aromatic N) is 1. The molecule has 3 rings (SSSR count). The Labute approximate surface area is 117 Å². The van der Waals surface area contributed by atoms with Crippen LogP contribution in [0.1, 0.15) is 18.4 Å². The van der Waals surface area contributed by atoms with Crippen LogP contribution in [0.25, 0.3) is 0 Å². The number of hydrogen-bond acceptors (Lipinski definition) is 3. The summed E-state index contributed by atoms with van der Waals surface area (Å²) in [6.45, 7) is 1.52. The minimum atomic E-state index is -0.304. The molecule has 0 radical (unpaired) electrons. The molecule has 0 aromatic heterocycles. The molecule has 2 aliphatic rings. The Morgan fingerprint density at radius 3 is 2.85 bits per heavy atom. The first-order chi connectivity index (χ1) is 9.63. The van der Waals surface area contributed by atoms with Gasteiger partial charge in [0.1, 0.15) is 18.2 Å². The summed E-state index contributed by atoms with van der Waals surface area (Å²) in [4.78, 5) is 14.2. The van der Waals surface area contributed by atoms with Crippen molar-refractivity contribution in [2.75, 3.05) is 19.7 Å². The van der Waals surface area contributed by atoms with Crippen molar-refractivity contribution < 1.29 is 19.0 Å². The number of benzene rings is 1. The Balaban J connectivity index is 1.68. The van der Waals surface area contributed by atoms with Gasteiger partial charge in [-0.15, -0.1) is 0 Å². The highest BCUT2D eigenvalue weighted by Gasteiger charge is 2.31. The fourth-order valence-electron chi connectivity index (χ4n) is 2.87. The molecule has 0 aliphatic carbocycles. The maximum Gasteiger partial charge on any atom is 0.229 e. The van der Waals surface area contributed by atoms with E-state index >= 15 is 0 Å². The number of piperidine rings is 1. The number of rotatable bonds is 1. The third-order valence-electron chi connectivity index (χ3n) is 4.05. The van der Waals surface area contributed by atoms with Crippen molar-refractivity contribution in [1.29, 1.82) is 0 Å². The van der Waals surface area contributed by atoms with Gasteiger partial charge in [-0.3, -0.25) is 4.79 Å². The Bertz CT molecular complexity index is 512. The van der Waals surface area contributed by atoms with Gasteiger partial charge in [-0.2, -0.15) is 0 Å². The van der Waals surface area contributed by atoms with E-state index in [0.29, 0.717) is 44.7 Å². The molecular formula is C15H18FNO3. The second-order valence-corrected chi connectivity index (χ2v) is 5.52. The minimum Gasteiger partial charge on any atom is -0.492 e. The molecule has 20 heavy (non-hydrogen) atoms. The fourth-order valence-corrected chi connectivity index (χ4v) is 2.87. The van der Waals surface area contributed by atoms with Crippen molar-refractivity contribution >= 4 is 5.91 Å². The summed E-state index contributed by atoms with van der Waals surface area (Å²) >= 11 is 0. The molecule has 1 aromatic rings. The Kier molecular flexibility index (Phi) is 3.61. The van der Waals surface area contributed by atoms with Crippen LogP contribution in [-0.2, 0) is 11.2 Å². The van der Waals surface area contributed by atoms with Crippen LogP contribution in [0.2, 0.25) is 0 Å². The van der Waals surface area contributed by atoms with Gasteiger partial charge in [0.2, 0.25) is 5.91 Å². The van der Waals surface area contributed by atoms with Crippen LogP contribution >= 0.6 is 0 Å². The van der Waals surface area contributed by atoms with Crippen LogP contribution in [0.3, 0.4) is 0 Å². The zero-order valence-electron chi connectivity index (χ0n) is 11.2. The molecule has 1 fully saturated rings. The molecule has 108 valence electrons. The molecule has 5 heteroatoms. The first kappa shape index (κ1) is 13.4. The van der Waals surface area contributed by atoms with Gasteiger partial charge in [0.25, 0.3) is 0 Å². The van der Waals surface area contributed by atoms with Crippen molar-refractivity contribution in [2.45, 2.75) is 25.4 Å². The highest BCUT2D eigenvalue weighted by Crippen LogP contribution is 2.29. The average molecular weight is 279 g/mol. The lowest BCUT2D eigenvalue weighted by atomic mass is 9.94. The minimum absolute atomic E-state index is 0.0480. The smallest absolute Gasteiger partial charge is 0.229 e. The zero-order chi connectivity index (χ0) is 14.1. The van der Waals surface area contributed by atoms with Crippen LogP contribution in [0, 0.1) is 11.7 Å². The number of halogens is 1. The molecule has 1 amide bonds. The first-order valence-electron chi connectivity index (χ1n) is 7.01. The van der Waals surface area contributed by atoms with Crippen LogP contribution < -0.4 is 4.74 Å². The molecule has 1 N–H and O–H groups in total. The maximum atomic E-state index is 13.2. The van der Waals surface area contributed by atoms with Crippen LogP contribution in [0.15, 0.2) is 18.2 Å². The summed E-state index contributed by atoms with van der Waals surface area (Å²) < 4.78 is 18.8. The number of aliphatic hydroxyl groups excluding tert-OH is 1. The van der Waals surface area contributed by atoms with Gasteiger partial charge in [-0.25, -0.2) is 4.39 Å². The van der Waals surface area contributed by atoms with E-state index in [4.69, 9.17) is 4.74 Å². The quantitative estimate of drug-likeness (QED) is 0.844. The third-order valence-corrected chi connectivity index (χ3v) is 4.05. The summed E-state index contributed by atoms with van der Waals surface area (Å²) in [5.41, 5.74) is 0.756. The number of aliphatic hydroxyl groups is 1. The Hall–Kier alpha value is -1.62. The van der Waals surface area contributed by atoms with Crippen LogP contribution in [0.4, 0.5) is 4.39 Å². The van der Waals surface area contributed by atoms with Crippen LogP contribution in [-0.4, -0.2) is 41.7 Å². The van der Waals surface area contributed by atoms with E-state index in [9.17, 15) is 14.3 Å². The molecule has 0 bridgehead atoms. The van der Waals surface area contributed by atoms with Gasteiger partial charge in [0.05, 0.1) is 12.0 Å². The summed E-state index contributed by atoms with van der Waals surface area (Å²) in [5, 5.41) is 9.48. The maximum absolute atomic E-state index is 13.2. The van der Waals surface area contributed by atoms with Crippen LogP contribution in [0.5, 0.6) is 5.75 Å². The monoisotopic (exact) mass is 279 g/mol. The normalized spacial score (nSPS) is 23.1. The van der Waals surface area contributed by atoms with E-state index in [1.807, 2.05) is 0 Å². The highest BCUT2D eigenvalue weighted by atomic mass is 19.1. The number of fused-ring (bicyclic) bond motifs is 1. The molecule has 1 aromatic carbocycles. The average Bonchev–Trinajstić information content (AvgIpc) is 2.46. The molecule has 1 unspecified atom stereocenters. The van der Waals surface area contributed by atoms with E-state index in [0.717, 1.165) is 5.56 Å². The number of amides is 1. The van der Waals surface area contributed by atoms with E-state index in [-0.39, 0.29) is 23.7 Å². The van der Waals surface area contributed by atoms with E-state index in [2.05, 4.69) is 0 Å². The second kappa shape index (κ2) is 5.40. The van der Waals surface area contributed by atoms with Crippen molar-refractivity contribution in [1.82, 2.24) is 4.90 Å². The van der Waals surface area contributed by atoms with Crippen molar-refractivity contribution in [3.8, 4) is 5.75 Å². The molecule has 4 nitrogen and oxygen atoms in total. The summed E-state index contributed by atoms with van der Waals surface area (Å²) in [5.74, 6) is 0.164. The molecular weight excluding hydrogens is 261 g/mol. The Morgan fingerprint density at radius 1 is 1.35 bits per heavy atom. The molecule has 2 aliphatic heterocycles. The molecule has 0 saturated carbocycles. The fraction of sp³-hybridized carbons (Fsp3) is 0.533. The summed E-state index contributed by atoms with van der Waals surface area (Å²) in [7, 11) is 0. The van der Waals surface area contributed by atoms with Crippen molar-refractivity contribution in [2.24, 2.45) is 5.92 Å². The van der Waals surface area contributed by atoms with Gasteiger partial charge in [0.15, 0.2) is 0 Å². The van der Waals surface area contributed by atoms with Crippen molar-refractivity contribution in [3.05, 3.63) is 29.6 Å². The largest absolute Gasteiger partial charge is 0.492 e. The van der Waals surface area contributed by atoms with E-state index in [1.54, 1.807) is 11.0 Å². The predicted octanol–water partition coefficient (Wildman–Crippen LogP) is 1.36. The third kappa shape index (κ3) is 2.63. The van der Waals surface area contributed by atoms with Gasteiger partial charge in [0, 0.05) is 13.1 Å². The number of likely N-dealkylation sites (tertiary alicyclic amines) is 1. The molecule has 2 heterocycles. The predicted molar refractivity (Wildman–Crippen MR) is 70.9 cm³/mol. The zero-order valence-corrected chi connectivity index (χ0v) is 11.2. The number of hydrogen-bond donors (Lipinski definition) is 1. The molecule has 1 atom stereocenters. The van der Waals surface area contributed by atoms with Gasteiger partial charge >= 0.3 is 0 Å². The van der Waals surface area contributed by atoms with E-state index in [1.165, 1.54) is 12.1 Å². The molecule has 1 saturated heterocycles. The van der Waals surface area contributed by atoms with Gasteiger partial charge in [-0.05, 0) is 43.0 Å². The second-order valence-electron chi connectivity index (χ2n) is 5.52. The number of carbonyl (C=O) groups excluding carboxylic acids is 1. The highest BCUT2D eigenvalue weighted by molar-refractivity contribution is 5.80. The van der Waals surface area contributed by atoms with Gasteiger partial charge < -0.3 is 14.7 Å². The first-order valence-corrected chi connectivity index (χ1v) is 7.01. The number of ether oxygens (including phenoxy) is 1. The van der Waals surface area contributed by atoms with Gasteiger partial charge in [-0.1, -0.05) is 0 Å². The SMILES string of the molecule is O=C(C1COc2ccc(F)cc2C1)N1CCC(O)CC1. The lowest BCUT2D eigenvalue weighted by molar-refractivity contribution is -0.138. The molecule has 0 spiro atoms. The number of carbonyl (C=O) groups is 1. The topological polar surface area (TPSA) is 49.8 Å².